The molecule has 0 fully saturated rings. The molecule has 0 saturated heterocycles. The maximum absolute atomic E-state index is 12.7. The van der Waals surface area contributed by atoms with Crippen molar-refractivity contribution in [2.45, 2.75) is 94.1 Å². The zero-order chi connectivity index (χ0) is 42.5. The third kappa shape index (κ3) is 17.2. The lowest BCUT2D eigenvalue weighted by Gasteiger charge is -2.40. The van der Waals surface area contributed by atoms with Crippen LogP contribution in [0.2, 0.25) is 0 Å². The van der Waals surface area contributed by atoms with Crippen molar-refractivity contribution in [3.8, 4) is 0 Å². The number of hydrogen-bond donors (Lipinski definition) is 10. The monoisotopic (exact) mass is 814 g/mol. The van der Waals surface area contributed by atoms with E-state index in [1.165, 1.54) is 14.7 Å². The molecule has 22 nitrogen and oxygen atoms in total. The first kappa shape index (κ1) is 49.2. The smallest absolute Gasteiger partial charge is 0.220 e. The Balaban J connectivity index is 2.53. The number of rotatable bonds is 25. The van der Waals surface area contributed by atoms with Crippen molar-refractivity contribution in [3.05, 3.63) is 29.6 Å². The summed E-state index contributed by atoms with van der Waals surface area (Å²) in [4.78, 5) is 71.8. The zero-order valence-corrected chi connectivity index (χ0v) is 31.7. The van der Waals surface area contributed by atoms with Gasteiger partial charge in [0.05, 0.1) is 99.1 Å². The Hall–Kier alpha value is -3.94. The zero-order valence-electron chi connectivity index (χ0n) is 31.7. The normalized spacial score (nSPS) is 17.0. The number of aromatic nitrogens is 1. The molecule has 0 aromatic carbocycles. The largest absolute Gasteiger partial charge is 0.548 e. The number of carboxylic acid groups (broad SMARTS) is 3. The summed E-state index contributed by atoms with van der Waals surface area (Å²) in [6.07, 6.45) is -3.13. The number of aliphatic hydroxyl groups is 7. The first-order chi connectivity index (χ1) is 27.2. The van der Waals surface area contributed by atoms with Gasteiger partial charge in [0.15, 0.2) is 0 Å². The highest BCUT2D eigenvalue weighted by molar-refractivity contribution is 5.79. The molecule has 2 heterocycles. The Morgan fingerprint density at radius 2 is 0.947 bits per heavy atom. The van der Waals surface area contributed by atoms with E-state index < -0.39 is 112 Å². The molecule has 0 saturated carbocycles. The van der Waals surface area contributed by atoms with Crippen LogP contribution in [-0.2, 0) is 37.1 Å². The predicted molar refractivity (Wildman–Crippen MR) is 190 cm³/mol. The fraction of sp³-hybridized carbons (Fsp3) is 0.714. The lowest BCUT2D eigenvalue weighted by Crippen LogP contribution is -2.56. The number of hydrogen-bond acceptors (Lipinski definition) is 20. The molecular weight excluding hydrogens is 758 g/mol. The molecule has 324 valence electrons. The minimum Gasteiger partial charge on any atom is -0.548 e. The fourth-order valence-electron chi connectivity index (χ4n) is 6.37. The van der Waals surface area contributed by atoms with Gasteiger partial charge in [-0.25, -0.2) is 0 Å². The van der Waals surface area contributed by atoms with E-state index in [0.717, 1.165) is 0 Å². The molecule has 1 aliphatic rings. The summed E-state index contributed by atoms with van der Waals surface area (Å²) < 4.78 is 0. The summed E-state index contributed by atoms with van der Waals surface area (Å²) in [6, 6.07) is -2.34. The van der Waals surface area contributed by atoms with E-state index in [2.05, 4.69) is 20.9 Å². The van der Waals surface area contributed by atoms with Crippen molar-refractivity contribution in [3.63, 3.8) is 0 Å². The molecule has 22 heteroatoms. The van der Waals surface area contributed by atoms with Crippen LogP contribution in [0.1, 0.15) is 49.9 Å². The fourth-order valence-corrected chi connectivity index (χ4v) is 6.37. The van der Waals surface area contributed by atoms with Crippen LogP contribution in [0.25, 0.3) is 0 Å². The van der Waals surface area contributed by atoms with Gasteiger partial charge in [-0.05, 0) is 37.8 Å². The maximum Gasteiger partial charge on any atom is 0.220 e. The summed E-state index contributed by atoms with van der Waals surface area (Å²) in [6.45, 7) is -4.27. The Kier molecular flexibility index (Phi) is 22.6. The molecule has 1 aliphatic heterocycles. The third-order valence-electron chi connectivity index (χ3n) is 9.57. The molecule has 4 atom stereocenters. The van der Waals surface area contributed by atoms with Crippen LogP contribution in [-0.4, -0.2) is 193 Å². The number of carbonyl (C=O) groups is 5. The average molecular weight is 815 g/mol. The van der Waals surface area contributed by atoms with Crippen molar-refractivity contribution < 1.29 is 75.0 Å². The lowest BCUT2D eigenvalue weighted by atomic mass is 10.1. The lowest BCUT2D eigenvalue weighted by molar-refractivity contribution is -0.315. The Morgan fingerprint density at radius 1 is 0.579 bits per heavy atom. The van der Waals surface area contributed by atoms with Gasteiger partial charge in [-0.2, -0.15) is 0 Å². The van der Waals surface area contributed by atoms with Gasteiger partial charge in [-0.15, -0.1) is 0 Å². The number of fused-ring (bicyclic) bond motifs is 2. The number of carboxylic acids is 3. The van der Waals surface area contributed by atoms with Gasteiger partial charge in [-0.3, -0.25) is 34.6 Å². The number of carbonyl (C=O) groups excluding carboxylic acids is 5. The predicted octanol–water partition coefficient (Wildman–Crippen LogP) is -9.10. The molecule has 10 N–H and O–H groups in total. The molecule has 2 bridgehead atoms. The number of pyridine rings is 1. The third-order valence-corrected chi connectivity index (χ3v) is 9.57. The van der Waals surface area contributed by atoms with E-state index in [1.54, 1.807) is 18.2 Å². The quantitative estimate of drug-likeness (QED) is 0.0410. The van der Waals surface area contributed by atoms with Gasteiger partial charge in [0.25, 0.3) is 0 Å². The van der Waals surface area contributed by atoms with Gasteiger partial charge in [0.1, 0.15) is 6.23 Å². The SMILES string of the molecule is O=C(CCC(C(=O)[O-])N1CCN(C(CCC(O)NC(CO)CO)C(=O)[O-])CCN(C(CCC(=O)NC(CO)CO)C(=O)[O-])Cc2cccc(n2)C1)NC(CO)CO. The standard InChI is InChI=1S/C35H59N7O15/c43-16-24(17-44)37-30(49)7-4-27(33(52)53)40-10-12-41(28(34(54)55)5-8-31(50)38-25(18-45)19-46)14-22-2-1-3-23(36-22)15-42(13-11-40)29(35(56)57)6-9-32(51)39-26(20-47)21-48/h1-3,24-30,37,43-49H,4-21H2,(H,38,50)(H,39,51)(H,52,53)(H,54,55)(H,56,57)/p-3. The van der Waals surface area contributed by atoms with Crippen LogP contribution < -0.4 is 31.3 Å². The van der Waals surface area contributed by atoms with Gasteiger partial charge >= 0.3 is 0 Å². The van der Waals surface area contributed by atoms with Gasteiger partial charge < -0.3 is 76.1 Å². The second kappa shape index (κ2) is 26.1. The van der Waals surface area contributed by atoms with Crippen LogP contribution in [0, 0.1) is 0 Å². The topological polar surface area (TPSA) is 355 Å². The number of nitrogens with zero attached hydrogens (tertiary/aromatic N) is 4. The van der Waals surface area contributed by atoms with Crippen molar-refractivity contribution in [2.24, 2.45) is 0 Å². The van der Waals surface area contributed by atoms with Gasteiger partial charge in [0, 0.05) is 58.2 Å². The molecule has 0 spiro atoms. The van der Waals surface area contributed by atoms with Crippen LogP contribution in [0.3, 0.4) is 0 Å². The minimum atomic E-state index is -1.58. The molecule has 2 rings (SSSR count). The van der Waals surface area contributed by atoms with E-state index in [9.17, 15) is 75.0 Å². The van der Waals surface area contributed by atoms with Crippen molar-refractivity contribution in [1.82, 2.24) is 35.6 Å². The average Bonchev–Trinajstić information content (AvgIpc) is 3.17. The number of amides is 2. The van der Waals surface area contributed by atoms with Crippen LogP contribution in [0.5, 0.6) is 0 Å². The van der Waals surface area contributed by atoms with E-state index in [0.29, 0.717) is 11.4 Å². The van der Waals surface area contributed by atoms with Crippen LogP contribution in [0.15, 0.2) is 18.2 Å². The number of aliphatic carboxylic acids is 3. The molecule has 1 aromatic rings. The molecule has 4 unspecified atom stereocenters. The summed E-state index contributed by atoms with van der Waals surface area (Å²) in [5, 5.41) is 112. The minimum absolute atomic E-state index is 0.152. The van der Waals surface area contributed by atoms with E-state index in [1.807, 2.05) is 0 Å². The highest BCUT2D eigenvalue weighted by Crippen LogP contribution is 2.19. The summed E-state index contributed by atoms with van der Waals surface area (Å²) in [7, 11) is 0. The van der Waals surface area contributed by atoms with Crippen molar-refractivity contribution >= 4 is 29.7 Å². The highest BCUT2D eigenvalue weighted by atomic mass is 16.4. The highest BCUT2D eigenvalue weighted by Gasteiger charge is 2.29. The van der Waals surface area contributed by atoms with Gasteiger partial charge in [0.2, 0.25) is 11.8 Å². The summed E-state index contributed by atoms with van der Waals surface area (Å²) in [5.74, 6) is -5.99. The van der Waals surface area contributed by atoms with Gasteiger partial charge in [-0.1, -0.05) is 6.07 Å². The molecular formula is C35H56N7O15-3. The van der Waals surface area contributed by atoms with Crippen LogP contribution >= 0.6 is 0 Å². The van der Waals surface area contributed by atoms with Crippen molar-refractivity contribution in [1.29, 1.82) is 0 Å². The first-order valence-electron chi connectivity index (χ1n) is 18.7. The summed E-state index contributed by atoms with van der Waals surface area (Å²) >= 11 is 0. The Labute approximate surface area is 329 Å². The molecule has 1 aromatic heterocycles. The first-order valence-corrected chi connectivity index (χ1v) is 18.7. The summed E-state index contributed by atoms with van der Waals surface area (Å²) in [5.41, 5.74) is 0.652. The molecule has 0 aliphatic carbocycles. The molecule has 2 amide bonds. The Morgan fingerprint density at radius 3 is 1.32 bits per heavy atom. The van der Waals surface area contributed by atoms with Crippen LogP contribution in [0.4, 0.5) is 0 Å². The number of nitrogens with one attached hydrogen (secondary N) is 3. The maximum atomic E-state index is 12.7. The molecule has 57 heavy (non-hydrogen) atoms. The Bertz CT molecular complexity index is 1320. The second-order valence-corrected chi connectivity index (χ2v) is 13.8. The van der Waals surface area contributed by atoms with E-state index in [-0.39, 0.29) is 77.8 Å². The second-order valence-electron chi connectivity index (χ2n) is 13.8. The van der Waals surface area contributed by atoms with E-state index in [4.69, 9.17) is 0 Å². The van der Waals surface area contributed by atoms with E-state index >= 15 is 0 Å². The van der Waals surface area contributed by atoms with Crippen molar-refractivity contribution in [2.75, 3.05) is 65.8 Å². The number of aliphatic hydroxyl groups excluding tert-OH is 7. The molecule has 0 radical (unpaired) electrons.